The van der Waals surface area contributed by atoms with Crippen LogP contribution in [0.3, 0.4) is 0 Å². The number of benzene rings is 1. The topological polar surface area (TPSA) is 83.5 Å². The van der Waals surface area contributed by atoms with Gasteiger partial charge in [-0.1, -0.05) is 6.07 Å². The van der Waals surface area contributed by atoms with Crippen LogP contribution in [0.1, 0.15) is 27.9 Å². The Kier molecular flexibility index (Phi) is 7.10. The molecule has 26 heavy (non-hydrogen) atoms. The minimum Gasteiger partial charge on any atom is -0.357 e. The molecule has 1 heterocycles. The quantitative estimate of drug-likeness (QED) is 0.553. The van der Waals surface area contributed by atoms with E-state index in [0.717, 1.165) is 16.1 Å². The van der Waals surface area contributed by atoms with E-state index >= 15 is 0 Å². The van der Waals surface area contributed by atoms with Gasteiger partial charge in [0.15, 0.2) is 15.8 Å². The first-order valence-electron chi connectivity index (χ1n) is 8.15. The van der Waals surface area contributed by atoms with Gasteiger partial charge < -0.3 is 10.6 Å². The summed E-state index contributed by atoms with van der Waals surface area (Å²) in [6.45, 7) is 5.33. The van der Waals surface area contributed by atoms with Crippen molar-refractivity contribution in [3.63, 3.8) is 0 Å². The number of aryl methyl sites for hydroxylation is 1. The van der Waals surface area contributed by atoms with Crippen LogP contribution in [0.5, 0.6) is 0 Å². The van der Waals surface area contributed by atoms with Crippen LogP contribution >= 0.6 is 11.3 Å². The van der Waals surface area contributed by atoms with E-state index in [1.165, 1.54) is 18.2 Å². The van der Waals surface area contributed by atoms with Gasteiger partial charge in [-0.2, -0.15) is 0 Å². The van der Waals surface area contributed by atoms with E-state index in [2.05, 4.69) is 20.6 Å². The standard InChI is InChI=1S/C17H23FN4O2S2/c1-4-19-17(22-10-16-9-20-12(2)25-16)21-8-14-7-15(18)6-5-13(14)11-26(3,23)24/h5-7,9H,4,8,10-11H2,1-3H3,(H2,19,21,22). The van der Waals surface area contributed by atoms with E-state index in [1.807, 2.05) is 20.0 Å². The number of hydrogen-bond donors (Lipinski definition) is 2. The Balaban J connectivity index is 2.13. The van der Waals surface area contributed by atoms with Crippen molar-refractivity contribution in [3.05, 3.63) is 51.2 Å². The smallest absolute Gasteiger partial charge is 0.191 e. The number of halogens is 1. The van der Waals surface area contributed by atoms with Crippen LogP contribution < -0.4 is 10.6 Å². The highest BCUT2D eigenvalue weighted by Gasteiger charge is 2.11. The fourth-order valence-corrected chi connectivity index (χ4v) is 3.91. The summed E-state index contributed by atoms with van der Waals surface area (Å²) < 4.78 is 36.8. The van der Waals surface area contributed by atoms with Crippen molar-refractivity contribution in [3.8, 4) is 0 Å². The van der Waals surface area contributed by atoms with Crippen LogP contribution in [0.2, 0.25) is 0 Å². The molecule has 0 atom stereocenters. The lowest BCUT2D eigenvalue weighted by Gasteiger charge is -2.12. The van der Waals surface area contributed by atoms with Crippen LogP contribution in [0, 0.1) is 12.7 Å². The number of nitrogens with zero attached hydrogens (tertiary/aromatic N) is 2. The number of hydrogen-bond acceptors (Lipinski definition) is 5. The molecule has 2 N–H and O–H groups in total. The van der Waals surface area contributed by atoms with Gasteiger partial charge in [-0.25, -0.2) is 22.8 Å². The van der Waals surface area contributed by atoms with Crippen LogP contribution in [0.4, 0.5) is 4.39 Å². The summed E-state index contributed by atoms with van der Waals surface area (Å²) in [5, 5.41) is 7.32. The molecule has 0 radical (unpaired) electrons. The Labute approximate surface area is 157 Å². The maximum Gasteiger partial charge on any atom is 0.191 e. The Morgan fingerprint density at radius 2 is 2.08 bits per heavy atom. The van der Waals surface area contributed by atoms with Crippen molar-refractivity contribution in [2.24, 2.45) is 4.99 Å². The van der Waals surface area contributed by atoms with Gasteiger partial charge in [0.25, 0.3) is 0 Å². The summed E-state index contributed by atoms with van der Waals surface area (Å²) in [5.41, 5.74) is 1.12. The highest BCUT2D eigenvalue weighted by atomic mass is 32.2. The summed E-state index contributed by atoms with van der Waals surface area (Å²) in [7, 11) is -3.21. The fraction of sp³-hybridized carbons (Fsp3) is 0.412. The predicted octanol–water partition coefficient (Wildman–Crippen LogP) is 2.39. The van der Waals surface area contributed by atoms with Crippen molar-refractivity contribution in [2.75, 3.05) is 12.8 Å². The zero-order valence-corrected chi connectivity index (χ0v) is 16.7. The summed E-state index contributed by atoms with van der Waals surface area (Å²) in [6.07, 6.45) is 2.97. The predicted molar refractivity (Wildman–Crippen MR) is 103 cm³/mol. The monoisotopic (exact) mass is 398 g/mol. The maximum absolute atomic E-state index is 13.6. The second-order valence-electron chi connectivity index (χ2n) is 5.88. The molecule has 1 aromatic heterocycles. The molecule has 0 saturated heterocycles. The largest absolute Gasteiger partial charge is 0.357 e. The molecule has 142 valence electrons. The molecule has 0 saturated carbocycles. The molecule has 6 nitrogen and oxygen atoms in total. The zero-order valence-electron chi connectivity index (χ0n) is 15.0. The molecule has 0 amide bonds. The second-order valence-corrected chi connectivity index (χ2v) is 9.34. The van der Waals surface area contributed by atoms with Gasteiger partial charge in [0, 0.05) is 23.9 Å². The van der Waals surface area contributed by atoms with Crippen molar-refractivity contribution in [2.45, 2.75) is 32.7 Å². The molecule has 0 aliphatic rings. The zero-order chi connectivity index (χ0) is 19.2. The minimum absolute atomic E-state index is 0.137. The van der Waals surface area contributed by atoms with Crippen molar-refractivity contribution >= 4 is 27.1 Å². The Morgan fingerprint density at radius 1 is 1.31 bits per heavy atom. The molecule has 2 aromatic rings. The number of nitrogens with one attached hydrogen (secondary N) is 2. The van der Waals surface area contributed by atoms with Gasteiger partial charge in [-0.05, 0) is 37.1 Å². The van der Waals surface area contributed by atoms with Gasteiger partial charge in [-0.3, -0.25) is 0 Å². The fourth-order valence-electron chi connectivity index (χ4n) is 2.33. The van der Waals surface area contributed by atoms with Crippen LogP contribution in [-0.2, 0) is 28.7 Å². The Bertz CT molecular complexity index is 879. The molecule has 0 aliphatic carbocycles. The number of sulfone groups is 1. The van der Waals surface area contributed by atoms with Crippen molar-refractivity contribution in [1.82, 2.24) is 15.6 Å². The highest BCUT2D eigenvalue weighted by molar-refractivity contribution is 7.89. The molecule has 0 spiro atoms. The second kappa shape index (κ2) is 9.09. The third kappa shape index (κ3) is 6.72. The van der Waals surface area contributed by atoms with E-state index in [0.29, 0.717) is 30.2 Å². The maximum atomic E-state index is 13.6. The molecular formula is C17H23FN4O2S2. The summed E-state index contributed by atoms with van der Waals surface area (Å²) in [5.74, 6) is 0.0288. The van der Waals surface area contributed by atoms with Crippen molar-refractivity contribution in [1.29, 1.82) is 0 Å². The molecule has 9 heteroatoms. The van der Waals surface area contributed by atoms with Crippen LogP contribution in [0.25, 0.3) is 0 Å². The van der Waals surface area contributed by atoms with Crippen molar-refractivity contribution < 1.29 is 12.8 Å². The van der Waals surface area contributed by atoms with E-state index in [1.54, 1.807) is 11.3 Å². The third-order valence-electron chi connectivity index (χ3n) is 3.44. The lowest BCUT2D eigenvalue weighted by atomic mass is 10.1. The van der Waals surface area contributed by atoms with Gasteiger partial charge in [0.2, 0.25) is 0 Å². The Morgan fingerprint density at radius 3 is 2.69 bits per heavy atom. The average molecular weight is 399 g/mol. The van der Waals surface area contributed by atoms with Crippen LogP contribution in [0.15, 0.2) is 29.4 Å². The van der Waals surface area contributed by atoms with E-state index < -0.39 is 15.7 Å². The van der Waals surface area contributed by atoms with Crippen LogP contribution in [-0.4, -0.2) is 32.2 Å². The van der Waals surface area contributed by atoms with Gasteiger partial charge in [-0.15, -0.1) is 11.3 Å². The number of guanidine groups is 1. The first kappa shape index (κ1) is 20.3. The van der Waals surface area contributed by atoms with E-state index in [4.69, 9.17) is 0 Å². The summed E-state index contributed by atoms with van der Waals surface area (Å²) in [6, 6.07) is 4.10. The molecule has 0 unspecified atom stereocenters. The van der Waals surface area contributed by atoms with Gasteiger partial charge in [0.1, 0.15) is 5.82 Å². The first-order chi connectivity index (χ1) is 12.3. The third-order valence-corrected chi connectivity index (χ3v) is 5.19. The number of rotatable bonds is 7. The molecule has 0 aliphatic heterocycles. The van der Waals surface area contributed by atoms with E-state index in [9.17, 15) is 12.8 Å². The normalized spacial score (nSPS) is 12.2. The number of thiazole rings is 1. The summed E-state index contributed by atoms with van der Waals surface area (Å²) in [4.78, 5) is 9.74. The SMILES string of the molecule is CCNC(=NCc1cc(F)ccc1CS(C)(=O)=O)NCc1cnc(C)s1. The molecule has 0 bridgehead atoms. The number of aliphatic imine (C=N–C) groups is 1. The average Bonchev–Trinajstić information content (AvgIpc) is 2.96. The molecular weight excluding hydrogens is 375 g/mol. The number of aromatic nitrogens is 1. The summed E-state index contributed by atoms with van der Waals surface area (Å²) >= 11 is 1.60. The van der Waals surface area contributed by atoms with Gasteiger partial charge in [0.05, 0.1) is 23.8 Å². The first-order valence-corrected chi connectivity index (χ1v) is 11.0. The van der Waals surface area contributed by atoms with E-state index in [-0.39, 0.29) is 12.3 Å². The Hall–Kier alpha value is -2.00. The molecule has 0 fully saturated rings. The minimum atomic E-state index is -3.21. The lowest BCUT2D eigenvalue weighted by Crippen LogP contribution is -2.36. The molecule has 1 aromatic carbocycles. The highest BCUT2D eigenvalue weighted by Crippen LogP contribution is 2.16. The van der Waals surface area contributed by atoms with Gasteiger partial charge >= 0.3 is 0 Å². The molecule has 2 rings (SSSR count). The lowest BCUT2D eigenvalue weighted by molar-refractivity contribution is 0.600.